The second kappa shape index (κ2) is 11.3. The first-order valence-electron chi connectivity index (χ1n) is 13.5. The number of nitrogens with zero attached hydrogens (tertiary/aromatic N) is 7. The maximum absolute atomic E-state index is 12.9. The van der Waals surface area contributed by atoms with Crippen LogP contribution in [0.3, 0.4) is 0 Å². The summed E-state index contributed by atoms with van der Waals surface area (Å²) in [6, 6.07) is 8.16. The van der Waals surface area contributed by atoms with Gasteiger partial charge in [-0.25, -0.2) is 9.97 Å². The Bertz CT molecular complexity index is 1190. The highest BCUT2D eigenvalue weighted by Gasteiger charge is 2.35. The second-order valence-electron chi connectivity index (χ2n) is 10.2. The number of halogens is 1. The van der Waals surface area contributed by atoms with Crippen molar-refractivity contribution in [3.8, 4) is 0 Å². The van der Waals surface area contributed by atoms with Crippen molar-refractivity contribution in [3.63, 3.8) is 0 Å². The van der Waals surface area contributed by atoms with E-state index in [1.807, 2.05) is 30.2 Å². The molecule has 3 aliphatic rings. The third kappa shape index (κ3) is 5.55. The summed E-state index contributed by atoms with van der Waals surface area (Å²) >= 11 is 5.99. The van der Waals surface area contributed by atoms with Crippen LogP contribution >= 0.6 is 11.6 Å². The summed E-state index contributed by atoms with van der Waals surface area (Å²) in [5.41, 5.74) is 4.50. The maximum atomic E-state index is 12.9. The number of hydrogen-bond acceptors (Lipinski definition) is 7. The minimum atomic E-state index is 0.102. The molecule has 4 heterocycles. The standard InChI is InChI=1S/C28H36ClN7O/c1-4-22-16-25(33-32-22)26-17-30-27(19(3)31-26)35-14-15-36(23(5-2)18-35)24-10-12-34(13-11-24)28(37)20-6-8-21(29)9-7-20/h6-9,17,23-24H,4-5,10-16,18H2,1-3H3/t23-/m0/s1. The number of anilines is 1. The Morgan fingerprint density at radius 2 is 1.81 bits per heavy atom. The summed E-state index contributed by atoms with van der Waals surface area (Å²) in [5.74, 6) is 1.07. The highest BCUT2D eigenvalue weighted by molar-refractivity contribution is 6.30. The normalized spacial score (nSPS) is 21.2. The largest absolute Gasteiger partial charge is 0.352 e. The Morgan fingerprint density at radius 1 is 1.05 bits per heavy atom. The lowest BCUT2D eigenvalue weighted by Gasteiger charge is -2.47. The molecule has 0 aliphatic carbocycles. The highest BCUT2D eigenvalue weighted by atomic mass is 35.5. The molecule has 1 aromatic carbocycles. The number of carbonyl (C=O) groups is 1. The fourth-order valence-corrected chi connectivity index (χ4v) is 5.86. The van der Waals surface area contributed by atoms with E-state index in [1.165, 1.54) is 0 Å². The zero-order valence-electron chi connectivity index (χ0n) is 22.0. The third-order valence-corrected chi connectivity index (χ3v) is 8.17. The lowest BCUT2D eigenvalue weighted by Crippen LogP contribution is -2.59. The molecule has 1 amide bonds. The van der Waals surface area contributed by atoms with E-state index in [0.29, 0.717) is 22.7 Å². The van der Waals surface area contributed by atoms with E-state index in [0.717, 1.165) is 93.5 Å². The van der Waals surface area contributed by atoms with Crippen LogP contribution in [0.5, 0.6) is 0 Å². The van der Waals surface area contributed by atoms with E-state index in [1.54, 1.807) is 12.1 Å². The molecular weight excluding hydrogens is 486 g/mol. The van der Waals surface area contributed by atoms with Gasteiger partial charge in [0.15, 0.2) is 0 Å². The number of hydrogen-bond donors (Lipinski definition) is 0. The summed E-state index contributed by atoms with van der Waals surface area (Å²) in [4.78, 5) is 29.6. The zero-order chi connectivity index (χ0) is 25.9. The number of likely N-dealkylation sites (tertiary alicyclic amines) is 1. The average Bonchev–Trinajstić information content (AvgIpc) is 3.42. The quantitative estimate of drug-likeness (QED) is 0.555. The number of benzene rings is 1. The Hall–Kier alpha value is -2.84. The first-order valence-corrected chi connectivity index (χ1v) is 13.9. The zero-order valence-corrected chi connectivity index (χ0v) is 22.8. The van der Waals surface area contributed by atoms with Gasteiger partial charge in [0, 0.05) is 67.5 Å². The van der Waals surface area contributed by atoms with Gasteiger partial charge in [0.25, 0.3) is 5.91 Å². The Balaban J connectivity index is 1.18. The van der Waals surface area contributed by atoms with Gasteiger partial charge >= 0.3 is 0 Å². The monoisotopic (exact) mass is 521 g/mol. The number of aryl methyl sites for hydroxylation is 1. The van der Waals surface area contributed by atoms with Crippen molar-refractivity contribution in [2.45, 2.75) is 65.0 Å². The van der Waals surface area contributed by atoms with Crippen LogP contribution in [0.25, 0.3) is 0 Å². The molecule has 3 aliphatic heterocycles. The van der Waals surface area contributed by atoms with Crippen molar-refractivity contribution in [2.75, 3.05) is 37.6 Å². The van der Waals surface area contributed by atoms with Crippen LogP contribution in [0.4, 0.5) is 5.82 Å². The molecule has 0 N–H and O–H groups in total. The van der Waals surface area contributed by atoms with Crippen LogP contribution in [0.1, 0.15) is 67.7 Å². The minimum absolute atomic E-state index is 0.102. The summed E-state index contributed by atoms with van der Waals surface area (Å²) in [6.07, 6.45) is 6.64. The molecule has 1 atom stereocenters. The molecule has 1 aromatic heterocycles. The van der Waals surface area contributed by atoms with Gasteiger partial charge in [-0.2, -0.15) is 10.2 Å². The van der Waals surface area contributed by atoms with Gasteiger partial charge < -0.3 is 9.80 Å². The van der Waals surface area contributed by atoms with E-state index in [-0.39, 0.29) is 5.91 Å². The SMILES string of the molecule is CCC1=NN=C(c2cnc(N3CCN(C4CCN(C(=O)c5ccc(Cl)cc5)CC4)[C@@H](CC)C3)c(C)n2)C1. The molecule has 0 saturated carbocycles. The molecule has 2 fully saturated rings. The van der Waals surface area contributed by atoms with Crippen molar-refractivity contribution in [2.24, 2.45) is 10.2 Å². The number of rotatable bonds is 6. The van der Waals surface area contributed by atoms with E-state index in [2.05, 4.69) is 33.9 Å². The average molecular weight is 522 g/mol. The Kier molecular flexibility index (Phi) is 7.86. The molecule has 0 bridgehead atoms. The van der Waals surface area contributed by atoms with Gasteiger partial charge in [0.1, 0.15) is 11.5 Å². The minimum Gasteiger partial charge on any atom is -0.352 e. The Labute approximate surface area is 224 Å². The lowest BCUT2D eigenvalue weighted by molar-refractivity contribution is 0.0490. The predicted octanol–water partition coefficient (Wildman–Crippen LogP) is 4.60. The van der Waals surface area contributed by atoms with E-state index >= 15 is 0 Å². The van der Waals surface area contributed by atoms with Gasteiger partial charge in [-0.05, 0) is 56.9 Å². The molecule has 9 heteroatoms. The third-order valence-electron chi connectivity index (χ3n) is 7.92. The van der Waals surface area contributed by atoms with Gasteiger partial charge in [0.05, 0.1) is 17.6 Å². The van der Waals surface area contributed by atoms with Crippen LogP contribution in [-0.4, -0.2) is 81.9 Å². The van der Waals surface area contributed by atoms with Crippen molar-refractivity contribution in [3.05, 3.63) is 52.4 Å². The van der Waals surface area contributed by atoms with Gasteiger partial charge in [-0.3, -0.25) is 9.69 Å². The van der Waals surface area contributed by atoms with Crippen LogP contribution in [0.15, 0.2) is 40.7 Å². The number of piperidine rings is 1. The van der Waals surface area contributed by atoms with Crippen LogP contribution in [0, 0.1) is 6.92 Å². The van der Waals surface area contributed by atoms with Crippen LogP contribution in [-0.2, 0) is 0 Å². The number of aromatic nitrogens is 2. The van der Waals surface area contributed by atoms with Gasteiger partial charge in [-0.15, -0.1) is 0 Å². The van der Waals surface area contributed by atoms with E-state index in [9.17, 15) is 4.79 Å². The molecule has 2 aromatic rings. The Morgan fingerprint density at radius 3 is 2.46 bits per heavy atom. The molecule has 196 valence electrons. The fraction of sp³-hybridized carbons (Fsp3) is 0.536. The molecule has 0 spiro atoms. The number of piperazine rings is 1. The van der Waals surface area contributed by atoms with E-state index < -0.39 is 0 Å². The fourth-order valence-electron chi connectivity index (χ4n) is 5.74. The summed E-state index contributed by atoms with van der Waals surface area (Å²) in [7, 11) is 0. The smallest absolute Gasteiger partial charge is 0.253 e. The molecule has 5 rings (SSSR count). The maximum Gasteiger partial charge on any atom is 0.253 e. The van der Waals surface area contributed by atoms with Gasteiger partial charge in [0.2, 0.25) is 0 Å². The highest BCUT2D eigenvalue weighted by Crippen LogP contribution is 2.27. The summed E-state index contributed by atoms with van der Waals surface area (Å²) in [5, 5.41) is 9.23. The number of carbonyl (C=O) groups excluding carboxylic acids is 1. The topological polar surface area (TPSA) is 77.3 Å². The van der Waals surface area contributed by atoms with Crippen molar-refractivity contribution < 1.29 is 4.79 Å². The number of amides is 1. The van der Waals surface area contributed by atoms with Crippen LogP contribution < -0.4 is 4.90 Å². The summed E-state index contributed by atoms with van der Waals surface area (Å²) < 4.78 is 0. The first-order chi connectivity index (χ1) is 18.0. The van der Waals surface area contributed by atoms with Crippen molar-refractivity contribution in [1.82, 2.24) is 19.8 Å². The molecular formula is C28H36ClN7O. The summed E-state index contributed by atoms with van der Waals surface area (Å²) in [6.45, 7) is 10.9. The predicted molar refractivity (Wildman–Crippen MR) is 149 cm³/mol. The first kappa shape index (κ1) is 25.8. The molecule has 2 saturated heterocycles. The lowest BCUT2D eigenvalue weighted by atomic mass is 9.97. The van der Waals surface area contributed by atoms with Crippen molar-refractivity contribution in [1.29, 1.82) is 0 Å². The van der Waals surface area contributed by atoms with Crippen LogP contribution in [0.2, 0.25) is 5.02 Å². The molecule has 8 nitrogen and oxygen atoms in total. The van der Waals surface area contributed by atoms with Crippen molar-refractivity contribution >= 4 is 34.7 Å². The molecule has 0 radical (unpaired) electrons. The van der Waals surface area contributed by atoms with Gasteiger partial charge in [-0.1, -0.05) is 25.4 Å². The molecule has 0 unspecified atom stereocenters. The second-order valence-corrected chi connectivity index (χ2v) is 10.6. The van der Waals surface area contributed by atoms with E-state index in [4.69, 9.17) is 21.6 Å². The molecule has 37 heavy (non-hydrogen) atoms.